The predicted molar refractivity (Wildman–Crippen MR) is 46.7 cm³/mol. The summed E-state index contributed by atoms with van der Waals surface area (Å²) >= 11 is 0. The van der Waals surface area contributed by atoms with Crippen LogP contribution in [0.25, 0.3) is 0 Å². The van der Waals surface area contributed by atoms with E-state index in [1.165, 1.54) is 6.08 Å². The van der Waals surface area contributed by atoms with Crippen molar-refractivity contribution in [1.82, 2.24) is 0 Å². The summed E-state index contributed by atoms with van der Waals surface area (Å²) in [7, 11) is 0. The minimum Gasteiger partial charge on any atom is -0.463 e. The van der Waals surface area contributed by atoms with Crippen LogP contribution in [0, 0.1) is 0 Å². The highest BCUT2D eigenvalue weighted by molar-refractivity contribution is 5.82. The summed E-state index contributed by atoms with van der Waals surface area (Å²) < 4.78 is 4.83. The van der Waals surface area contributed by atoms with Crippen molar-refractivity contribution in [2.45, 2.75) is 26.7 Å². The van der Waals surface area contributed by atoms with Crippen LogP contribution in [0.3, 0.4) is 0 Å². The first-order valence-corrected chi connectivity index (χ1v) is 4.09. The lowest BCUT2D eigenvalue weighted by atomic mass is 10.3. The van der Waals surface area contributed by atoms with E-state index in [2.05, 4.69) is 0 Å². The van der Waals surface area contributed by atoms with Crippen LogP contribution >= 0.6 is 0 Å². The van der Waals surface area contributed by atoms with Crippen LogP contribution in [0.1, 0.15) is 26.7 Å². The molecule has 0 aliphatic rings. The first-order valence-electron chi connectivity index (χ1n) is 4.09. The van der Waals surface area contributed by atoms with Gasteiger partial charge in [0.25, 0.3) is 0 Å². The van der Waals surface area contributed by atoms with Crippen molar-refractivity contribution in [3.8, 4) is 0 Å². The molecule has 0 atom stereocenters. The van der Waals surface area contributed by atoms with Crippen molar-refractivity contribution in [3.63, 3.8) is 0 Å². The molecule has 3 nitrogen and oxygen atoms in total. The standard InChI is InChI=1S/C9H16O3/c1-8(2)7-9(11)12-6-4-3-5-10/h7,10H,3-6H2,1-2H3. The highest BCUT2D eigenvalue weighted by atomic mass is 16.5. The van der Waals surface area contributed by atoms with Gasteiger partial charge in [0, 0.05) is 12.7 Å². The number of rotatable bonds is 5. The van der Waals surface area contributed by atoms with Crippen molar-refractivity contribution in [3.05, 3.63) is 11.6 Å². The molecule has 0 heterocycles. The number of aliphatic hydroxyl groups excluding tert-OH is 1. The number of allylic oxidation sites excluding steroid dienone is 1. The Morgan fingerprint density at radius 3 is 2.58 bits per heavy atom. The third-order valence-corrected chi connectivity index (χ3v) is 1.20. The Bertz CT molecular complexity index is 157. The van der Waals surface area contributed by atoms with Crippen LogP contribution in [-0.2, 0) is 9.53 Å². The monoisotopic (exact) mass is 172 g/mol. The van der Waals surface area contributed by atoms with Crippen molar-refractivity contribution in [2.24, 2.45) is 0 Å². The van der Waals surface area contributed by atoms with E-state index in [0.29, 0.717) is 13.0 Å². The molecule has 0 unspecified atom stereocenters. The minimum atomic E-state index is -0.298. The molecule has 3 heteroatoms. The fraction of sp³-hybridized carbons (Fsp3) is 0.667. The highest BCUT2D eigenvalue weighted by Gasteiger charge is 1.96. The molecule has 0 saturated heterocycles. The molecule has 0 bridgehead atoms. The van der Waals surface area contributed by atoms with Crippen LogP contribution in [0.15, 0.2) is 11.6 Å². The quantitative estimate of drug-likeness (QED) is 0.386. The van der Waals surface area contributed by atoms with Gasteiger partial charge in [-0.25, -0.2) is 4.79 Å². The minimum absolute atomic E-state index is 0.153. The first kappa shape index (κ1) is 11.2. The molecule has 0 radical (unpaired) electrons. The molecule has 0 aromatic rings. The smallest absolute Gasteiger partial charge is 0.330 e. The number of esters is 1. The fourth-order valence-corrected chi connectivity index (χ4v) is 0.664. The lowest BCUT2D eigenvalue weighted by Gasteiger charge is -2.00. The lowest BCUT2D eigenvalue weighted by Crippen LogP contribution is -2.03. The molecule has 70 valence electrons. The van der Waals surface area contributed by atoms with E-state index < -0.39 is 0 Å². The van der Waals surface area contributed by atoms with Crippen LogP contribution in [0.4, 0.5) is 0 Å². The molecule has 12 heavy (non-hydrogen) atoms. The number of carbonyl (C=O) groups excluding carboxylic acids is 1. The van der Waals surface area contributed by atoms with E-state index in [-0.39, 0.29) is 12.6 Å². The number of hydrogen-bond acceptors (Lipinski definition) is 3. The molecule has 0 aliphatic carbocycles. The normalized spacial score (nSPS) is 9.25. The molecule has 0 aromatic carbocycles. The van der Waals surface area contributed by atoms with Crippen molar-refractivity contribution in [1.29, 1.82) is 0 Å². The Balaban J connectivity index is 3.39. The summed E-state index contributed by atoms with van der Waals surface area (Å²) in [6, 6.07) is 0. The van der Waals surface area contributed by atoms with Crippen molar-refractivity contribution in [2.75, 3.05) is 13.2 Å². The van der Waals surface area contributed by atoms with Crippen LogP contribution < -0.4 is 0 Å². The maximum atomic E-state index is 10.9. The zero-order valence-corrected chi connectivity index (χ0v) is 7.67. The Morgan fingerprint density at radius 1 is 1.42 bits per heavy atom. The van der Waals surface area contributed by atoms with Gasteiger partial charge in [-0.15, -0.1) is 0 Å². The number of unbranched alkanes of at least 4 members (excludes halogenated alkanes) is 1. The average Bonchev–Trinajstić information content (AvgIpc) is 1.97. The van der Waals surface area contributed by atoms with E-state index in [1.54, 1.807) is 0 Å². The van der Waals surface area contributed by atoms with Gasteiger partial charge in [-0.1, -0.05) is 5.57 Å². The van der Waals surface area contributed by atoms with Gasteiger partial charge in [0.05, 0.1) is 6.61 Å². The van der Waals surface area contributed by atoms with Gasteiger partial charge in [-0.3, -0.25) is 0 Å². The van der Waals surface area contributed by atoms with E-state index in [4.69, 9.17) is 9.84 Å². The number of carbonyl (C=O) groups is 1. The Hall–Kier alpha value is -0.830. The maximum absolute atomic E-state index is 10.9. The molecule has 0 aromatic heterocycles. The van der Waals surface area contributed by atoms with Gasteiger partial charge in [0.1, 0.15) is 0 Å². The number of aliphatic hydroxyl groups is 1. The molecule has 0 rings (SSSR count). The Morgan fingerprint density at radius 2 is 2.08 bits per heavy atom. The summed E-state index contributed by atoms with van der Waals surface area (Å²) in [5.74, 6) is -0.298. The second-order valence-electron chi connectivity index (χ2n) is 2.82. The zero-order chi connectivity index (χ0) is 9.40. The van der Waals surface area contributed by atoms with Gasteiger partial charge in [0.15, 0.2) is 0 Å². The van der Waals surface area contributed by atoms with Crippen LogP contribution in [-0.4, -0.2) is 24.3 Å². The van der Waals surface area contributed by atoms with Crippen molar-refractivity contribution < 1.29 is 14.6 Å². The summed E-state index contributed by atoms with van der Waals surface area (Å²) in [6.45, 7) is 4.23. The average molecular weight is 172 g/mol. The molecular formula is C9H16O3. The van der Waals surface area contributed by atoms with E-state index in [1.807, 2.05) is 13.8 Å². The molecule has 0 spiro atoms. The van der Waals surface area contributed by atoms with Gasteiger partial charge < -0.3 is 9.84 Å². The van der Waals surface area contributed by atoms with Crippen LogP contribution in [0.2, 0.25) is 0 Å². The predicted octanol–water partition coefficient (Wildman–Crippen LogP) is 1.27. The summed E-state index contributed by atoms with van der Waals surface area (Å²) in [5.41, 5.74) is 0.933. The van der Waals surface area contributed by atoms with Crippen LogP contribution in [0.5, 0.6) is 0 Å². The fourth-order valence-electron chi connectivity index (χ4n) is 0.664. The van der Waals surface area contributed by atoms with Gasteiger partial charge >= 0.3 is 5.97 Å². The molecule has 1 N–H and O–H groups in total. The highest BCUT2D eigenvalue weighted by Crippen LogP contribution is 1.93. The first-order chi connectivity index (χ1) is 5.66. The summed E-state index contributed by atoms with van der Waals surface area (Å²) in [4.78, 5) is 10.9. The second kappa shape index (κ2) is 6.85. The number of hydrogen-bond donors (Lipinski definition) is 1. The van der Waals surface area contributed by atoms with Gasteiger partial charge in [-0.05, 0) is 26.7 Å². The largest absolute Gasteiger partial charge is 0.463 e. The summed E-state index contributed by atoms with van der Waals surface area (Å²) in [6.07, 6.45) is 2.86. The lowest BCUT2D eigenvalue weighted by molar-refractivity contribution is -0.137. The molecule has 0 saturated carbocycles. The molecule has 0 aliphatic heterocycles. The second-order valence-corrected chi connectivity index (χ2v) is 2.82. The third-order valence-electron chi connectivity index (χ3n) is 1.20. The third kappa shape index (κ3) is 7.28. The van der Waals surface area contributed by atoms with E-state index >= 15 is 0 Å². The van der Waals surface area contributed by atoms with Gasteiger partial charge in [0.2, 0.25) is 0 Å². The molecule has 0 amide bonds. The van der Waals surface area contributed by atoms with Crippen molar-refractivity contribution >= 4 is 5.97 Å². The zero-order valence-electron chi connectivity index (χ0n) is 7.67. The SMILES string of the molecule is CC(C)=CC(=O)OCCCCO. The molecule has 0 fully saturated rings. The topological polar surface area (TPSA) is 46.5 Å². The molecular weight excluding hydrogens is 156 g/mol. The maximum Gasteiger partial charge on any atom is 0.330 e. The Labute approximate surface area is 73.0 Å². The van der Waals surface area contributed by atoms with E-state index in [9.17, 15) is 4.79 Å². The number of ether oxygens (including phenoxy) is 1. The summed E-state index contributed by atoms with van der Waals surface area (Å²) in [5, 5.41) is 8.42. The van der Waals surface area contributed by atoms with Gasteiger partial charge in [-0.2, -0.15) is 0 Å². The van der Waals surface area contributed by atoms with E-state index in [0.717, 1.165) is 12.0 Å². The Kier molecular flexibility index (Phi) is 6.38.